The highest BCUT2D eigenvalue weighted by atomic mass is 31.0. The predicted molar refractivity (Wildman–Crippen MR) is 49.6 cm³/mol. The molecule has 2 aromatic heterocycles. The van der Waals surface area contributed by atoms with Gasteiger partial charge in [0.05, 0.1) is 0 Å². The molecule has 11 heavy (non-hydrogen) atoms. The van der Waals surface area contributed by atoms with E-state index in [1.54, 1.807) is 0 Å². The Kier molecular flexibility index (Phi) is 1.43. The van der Waals surface area contributed by atoms with E-state index in [2.05, 4.69) is 33.6 Å². The molecule has 0 aliphatic heterocycles. The Morgan fingerprint density at radius 1 is 1.55 bits per heavy atom. The Labute approximate surface area is 67.5 Å². The van der Waals surface area contributed by atoms with E-state index in [-0.39, 0.29) is 0 Å². The van der Waals surface area contributed by atoms with Crippen molar-refractivity contribution >= 4 is 20.4 Å². The molecule has 2 nitrogen and oxygen atoms in total. The van der Waals surface area contributed by atoms with Crippen LogP contribution in [0.3, 0.4) is 0 Å². The number of pyridine rings is 1. The molecule has 0 N–H and O–H groups in total. The van der Waals surface area contributed by atoms with Gasteiger partial charge in [-0.25, -0.2) is 4.98 Å². The first-order valence-electron chi connectivity index (χ1n) is 3.47. The van der Waals surface area contributed by atoms with Crippen molar-refractivity contribution < 1.29 is 0 Å². The Balaban J connectivity index is 2.95. The number of fused-ring (bicyclic) bond motifs is 1. The highest BCUT2D eigenvalue weighted by molar-refractivity contribution is 7.14. The van der Waals surface area contributed by atoms with Gasteiger partial charge in [0, 0.05) is 17.8 Å². The first-order valence-corrected chi connectivity index (χ1v) is 3.98. The molecule has 2 heterocycles. The van der Waals surface area contributed by atoms with E-state index in [0.717, 1.165) is 5.65 Å². The summed E-state index contributed by atoms with van der Waals surface area (Å²) < 4.78 is 1.96. The Bertz CT molecular complexity index is 356. The molecule has 0 aromatic carbocycles. The van der Waals surface area contributed by atoms with Gasteiger partial charge in [0.1, 0.15) is 5.65 Å². The van der Waals surface area contributed by atoms with Crippen LogP contribution in [0.4, 0.5) is 0 Å². The molecule has 1 atom stereocenters. The third-order valence-corrected chi connectivity index (χ3v) is 2.18. The molecule has 56 valence electrons. The molecule has 0 saturated carbocycles. The summed E-state index contributed by atoms with van der Waals surface area (Å²) in [6.07, 6.45) is 3.87. The normalized spacial score (nSPS) is 10.7. The second-order valence-electron chi connectivity index (χ2n) is 2.59. The predicted octanol–water partition coefficient (Wildman–Crippen LogP) is 1.98. The van der Waals surface area contributed by atoms with Crippen LogP contribution < -0.4 is 0 Å². The maximum Gasteiger partial charge on any atom is 0.142 e. The minimum absolute atomic E-state index is 1.02. The smallest absolute Gasteiger partial charge is 0.142 e. The van der Waals surface area contributed by atoms with E-state index in [9.17, 15) is 0 Å². The highest BCUT2D eigenvalue weighted by Gasteiger charge is 2.00. The van der Waals surface area contributed by atoms with Gasteiger partial charge in [0.15, 0.2) is 0 Å². The van der Waals surface area contributed by atoms with Gasteiger partial charge in [0.2, 0.25) is 0 Å². The molecule has 2 rings (SSSR count). The first-order chi connectivity index (χ1) is 5.29. The van der Waals surface area contributed by atoms with Crippen LogP contribution in [0.25, 0.3) is 11.0 Å². The Morgan fingerprint density at radius 2 is 2.36 bits per heavy atom. The van der Waals surface area contributed by atoms with Crippen molar-refractivity contribution in [2.75, 3.05) is 0 Å². The fourth-order valence-corrected chi connectivity index (χ4v) is 1.68. The summed E-state index contributed by atoms with van der Waals surface area (Å²) in [6.45, 7) is 2.09. The number of hydrogen-bond donors (Lipinski definition) is 0. The average Bonchev–Trinajstić information content (AvgIpc) is 2.30. The van der Waals surface area contributed by atoms with Crippen molar-refractivity contribution in [2.45, 2.75) is 6.92 Å². The third kappa shape index (κ3) is 0.945. The minimum Gasteiger partial charge on any atom is -0.317 e. The first kappa shape index (κ1) is 6.81. The lowest BCUT2D eigenvalue weighted by Crippen LogP contribution is -1.78. The molecule has 0 aliphatic rings. The highest BCUT2D eigenvalue weighted by Crippen LogP contribution is 2.19. The van der Waals surface area contributed by atoms with Crippen LogP contribution in [0.5, 0.6) is 0 Å². The molecule has 0 radical (unpaired) electrons. The SMILES string of the molecule is Cc1cn(P)c2ncccc12. The van der Waals surface area contributed by atoms with Crippen LogP contribution in [-0.2, 0) is 0 Å². The van der Waals surface area contributed by atoms with Crippen LogP contribution in [-0.4, -0.2) is 9.32 Å². The molecule has 0 bridgehead atoms. The van der Waals surface area contributed by atoms with Gasteiger partial charge in [-0.05, 0) is 34.0 Å². The number of aromatic nitrogens is 2. The monoisotopic (exact) mass is 164 g/mol. The molecular formula is C8H9N2P. The van der Waals surface area contributed by atoms with E-state index in [1.807, 2.05) is 16.6 Å². The maximum absolute atomic E-state index is 4.24. The summed E-state index contributed by atoms with van der Waals surface area (Å²) in [5.41, 5.74) is 2.29. The summed E-state index contributed by atoms with van der Waals surface area (Å²) >= 11 is 0. The second kappa shape index (κ2) is 2.31. The number of hydrogen-bond acceptors (Lipinski definition) is 1. The van der Waals surface area contributed by atoms with Crippen LogP contribution >= 0.6 is 9.39 Å². The van der Waals surface area contributed by atoms with Crippen molar-refractivity contribution in [3.05, 3.63) is 30.1 Å². The van der Waals surface area contributed by atoms with Gasteiger partial charge >= 0.3 is 0 Å². The van der Waals surface area contributed by atoms with Gasteiger partial charge in [0.25, 0.3) is 0 Å². The zero-order valence-corrected chi connectivity index (χ0v) is 7.44. The van der Waals surface area contributed by atoms with E-state index in [0.29, 0.717) is 0 Å². The molecule has 0 aliphatic carbocycles. The third-order valence-electron chi connectivity index (χ3n) is 1.79. The molecule has 0 spiro atoms. The number of nitrogens with zero attached hydrogens (tertiary/aromatic N) is 2. The topological polar surface area (TPSA) is 17.8 Å². The quantitative estimate of drug-likeness (QED) is 0.544. The Hall–Kier alpha value is -0.880. The van der Waals surface area contributed by atoms with Crippen LogP contribution in [0.15, 0.2) is 24.5 Å². The van der Waals surface area contributed by atoms with E-state index in [4.69, 9.17) is 0 Å². The summed E-state index contributed by atoms with van der Waals surface area (Å²) in [4.78, 5) is 4.24. The summed E-state index contributed by atoms with van der Waals surface area (Å²) in [5, 5.41) is 1.22. The summed E-state index contributed by atoms with van der Waals surface area (Å²) in [6, 6.07) is 4.04. The standard InChI is InChI=1S/C8H9N2P/c1-6-5-10(11)8-7(6)3-2-4-9-8/h2-5H,11H2,1H3. The van der Waals surface area contributed by atoms with E-state index < -0.39 is 0 Å². The molecular weight excluding hydrogens is 155 g/mol. The molecule has 0 saturated heterocycles. The lowest BCUT2D eigenvalue weighted by molar-refractivity contribution is 1.25. The van der Waals surface area contributed by atoms with Gasteiger partial charge in [-0.15, -0.1) is 0 Å². The van der Waals surface area contributed by atoms with Crippen LogP contribution in [0, 0.1) is 6.92 Å². The van der Waals surface area contributed by atoms with E-state index in [1.165, 1.54) is 10.9 Å². The summed E-state index contributed by atoms with van der Waals surface area (Å²) in [5.74, 6) is 0. The fourth-order valence-electron chi connectivity index (χ4n) is 1.25. The fraction of sp³-hybridized carbons (Fsp3) is 0.125. The van der Waals surface area contributed by atoms with Crippen LogP contribution in [0.2, 0.25) is 0 Å². The molecule has 1 unspecified atom stereocenters. The van der Waals surface area contributed by atoms with Gasteiger partial charge in [-0.1, -0.05) is 0 Å². The molecule has 0 fully saturated rings. The lowest BCUT2D eigenvalue weighted by Gasteiger charge is -1.91. The van der Waals surface area contributed by atoms with Gasteiger partial charge in [-0.3, -0.25) is 0 Å². The zero-order valence-electron chi connectivity index (χ0n) is 6.28. The Morgan fingerprint density at radius 3 is 3.09 bits per heavy atom. The second-order valence-corrected chi connectivity index (χ2v) is 3.15. The van der Waals surface area contributed by atoms with Crippen LogP contribution in [0.1, 0.15) is 5.56 Å². The number of rotatable bonds is 0. The molecule has 3 heteroatoms. The van der Waals surface area contributed by atoms with Crippen molar-refractivity contribution in [1.82, 2.24) is 9.32 Å². The molecule has 0 amide bonds. The number of aryl methyl sites for hydroxylation is 1. The van der Waals surface area contributed by atoms with Crippen molar-refractivity contribution in [1.29, 1.82) is 0 Å². The van der Waals surface area contributed by atoms with Gasteiger partial charge in [-0.2, -0.15) is 0 Å². The lowest BCUT2D eigenvalue weighted by atomic mass is 10.2. The van der Waals surface area contributed by atoms with Crippen molar-refractivity contribution in [3.8, 4) is 0 Å². The van der Waals surface area contributed by atoms with Crippen molar-refractivity contribution in [2.24, 2.45) is 0 Å². The zero-order chi connectivity index (χ0) is 7.84. The summed E-state index contributed by atoms with van der Waals surface area (Å²) in [7, 11) is 2.62. The minimum atomic E-state index is 1.02. The average molecular weight is 164 g/mol. The van der Waals surface area contributed by atoms with E-state index >= 15 is 0 Å². The van der Waals surface area contributed by atoms with Gasteiger partial charge < -0.3 is 4.34 Å². The van der Waals surface area contributed by atoms with Crippen molar-refractivity contribution in [3.63, 3.8) is 0 Å². The molecule has 2 aromatic rings. The largest absolute Gasteiger partial charge is 0.317 e. The maximum atomic E-state index is 4.24.